The number of hydrogen-bond donors (Lipinski definition) is 1. The van der Waals surface area contributed by atoms with Crippen molar-refractivity contribution in [2.75, 3.05) is 13.6 Å². The van der Waals surface area contributed by atoms with Crippen LogP contribution in [0.2, 0.25) is 0 Å². The second-order valence-corrected chi connectivity index (χ2v) is 1.72. The summed E-state index contributed by atoms with van der Waals surface area (Å²) < 4.78 is 0. The van der Waals surface area contributed by atoms with Crippen LogP contribution >= 0.6 is 0 Å². The molecule has 0 aromatic rings. The van der Waals surface area contributed by atoms with Crippen LogP contribution in [0.3, 0.4) is 0 Å². The van der Waals surface area contributed by atoms with Crippen molar-refractivity contribution in [2.45, 2.75) is 6.42 Å². The summed E-state index contributed by atoms with van der Waals surface area (Å²) in [6, 6.07) is 0. The highest BCUT2D eigenvalue weighted by molar-refractivity contribution is 5.81. The van der Waals surface area contributed by atoms with Crippen molar-refractivity contribution in [2.24, 2.45) is 10.8 Å². The summed E-state index contributed by atoms with van der Waals surface area (Å²) in [7, 11) is 1.92. The molecular formula is C4H9N3. The molecule has 3 nitrogen and oxygen atoms in total. The molecule has 7 heavy (non-hydrogen) atoms. The number of nitrogens with zero attached hydrogens (tertiary/aromatic N) is 2. The van der Waals surface area contributed by atoms with Gasteiger partial charge in [-0.2, -0.15) is 5.10 Å². The molecule has 0 unspecified atom stereocenters. The van der Waals surface area contributed by atoms with E-state index in [0.717, 1.165) is 18.8 Å². The first-order chi connectivity index (χ1) is 3.29. The first-order valence-electron chi connectivity index (χ1n) is 2.33. The minimum atomic E-state index is 0.752. The third-order valence-electron chi connectivity index (χ3n) is 0.991. The molecule has 0 fully saturated rings. The molecule has 1 rings (SSSR count). The van der Waals surface area contributed by atoms with Gasteiger partial charge in [-0.15, -0.1) is 0 Å². The smallest absolute Gasteiger partial charge is 0.121 e. The molecule has 0 aliphatic carbocycles. The minimum absolute atomic E-state index is 0.752. The van der Waals surface area contributed by atoms with Gasteiger partial charge < -0.3 is 5.73 Å². The molecule has 0 amide bonds. The molecule has 0 radical (unpaired) electrons. The van der Waals surface area contributed by atoms with Crippen LogP contribution in [0.4, 0.5) is 0 Å². The fraction of sp³-hybridized carbons (Fsp3) is 0.750. The second-order valence-electron chi connectivity index (χ2n) is 1.72. The van der Waals surface area contributed by atoms with Gasteiger partial charge in [-0.25, -0.2) is 0 Å². The molecule has 3 heteroatoms. The Labute approximate surface area is 42.8 Å². The van der Waals surface area contributed by atoms with Crippen LogP contribution in [0.25, 0.3) is 0 Å². The van der Waals surface area contributed by atoms with E-state index < -0.39 is 0 Å². The first-order valence-corrected chi connectivity index (χ1v) is 2.33. The van der Waals surface area contributed by atoms with Gasteiger partial charge in [-0.1, -0.05) is 0 Å². The van der Waals surface area contributed by atoms with Crippen LogP contribution in [0, 0.1) is 0 Å². The highest BCUT2D eigenvalue weighted by atomic mass is 15.5. The van der Waals surface area contributed by atoms with Crippen molar-refractivity contribution in [1.82, 2.24) is 5.01 Å². The Hall–Kier alpha value is -0.730. The lowest BCUT2D eigenvalue weighted by atomic mass is 10.4. The zero-order valence-electron chi connectivity index (χ0n) is 4.39. The highest BCUT2D eigenvalue weighted by Gasteiger charge is 2.04. The van der Waals surface area contributed by atoms with Crippen LogP contribution in [0.5, 0.6) is 0 Å². The Balaban J connectivity index is 2.50. The van der Waals surface area contributed by atoms with E-state index in [-0.39, 0.29) is 0 Å². The molecule has 0 spiro atoms. The summed E-state index contributed by atoms with van der Waals surface area (Å²) in [6.07, 6.45) is 0.927. The number of nitrogens with two attached hydrogens (primary N) is 1. The summed E-state index contributed by atoms with van der Waals surface area (Å²) >= 11 is 0. The predicted molar refractivity (Wildman–Crippen MR) is 28.9 cm³/mol. The maximum atomic E-state index is 5.33. The van der Waals surface area contributed by atoms with E-state index in [4.69, 9.17) is 5.73 Å². The summed E-state index contributed by atoms with van der Waals surface area (Å²) in [5.74, 6) is 0.752. The average molecular weight is 99.1 g/mol. The van der Waals surface area contributed by atoms with Gasteiger partial charge >= 0.3 is 0 Å². The van der Waals surface area contributed by atoms with Gasteiger partial charge in [-0.3, -0.25) is 5.01 Å². The molecule has 0 bridgehead atoms. The molecule has 1 aliphatic heterocycles. The van der Waals surface area contributed by atoms with Gasteiger partial charge in [0.25, 0.3) is 0 Å². The zero-order valence-corrected chi connectivity index (χ0v) is 4.39. The summed E-state index contributed by atoms with van der Waals surface area (Å²) in [6.45, 7) is 0.978. The Morgan fingerprint density at radius 3 is 2.71 bits per heavy atom. The van der Waals surface area contributed by atoms with E-state index in [2.05, 4.69) is 5.10 Å². The van der Waals surface area contributed by atoms with E-state index in [1.54, 1.807) is 0 Å². The Bertz CT molecular complexity index is 97.1. The first kappa shape index (κ1) is 4.43. The molecule has 2 N–H and O–H groups in total. The quantitative estimate of drug-likeness (QED) is 0.448. The van der Waals surface area contributed by atoms with Crippen molar-refractivity contribution < 1.29 is 0 Å². The number of rotatable bonds is 0. The number of hydrogen-bond acceptors (Lipinski definition) is 3. The highest BCUT2D eigenvalue weighted by Crippen LogP contribution is 1.96. The Kier molecular flexibility index (Phi) is 0.889. The lowest BCUT2D eigenvalue weighted by molar-refractivity contribution is 0.393. The van der Waals surface area contributed by atoms with E-state index >= 15 is 0 Å². The minimum Gasteiger partial charge on any atom is -0.386 e. The molecule has 0 aromatic heterocycles. The van der Waals surface area contributed by atoms with Crippen LogP contribution in [-0.4, -0.2) is 24.4 Å². The largest absolute Gasteiger partial charge is 0.386 e. The van der Waals surface area contributed by atoms with Crippen molar-refractivity contribution in [3.05, 3.63) is 0 Å². The fourth-order valence-electron chi connectivity index (χ4n) is 0.596. The molecule has 1 heterocycles. The maximum Gasteiger partial charge on any atom is 0.121 e. The Morgan fingerprint density at radius 1 is 1.86 bits per heavy atom. The molecular weight excluding hydrogens is 90.1 g/mol. The number of amidine groups is 1. The van der Waals surface area contributed by atoms with Crippen LogP contribution in [0.15, 0.2) is 5.10 Å². The average Bonchev–Trinajstić information content (AvgIpc) is 1.87. The summed E-state index contributed by atoms with van der Waals surface area (Å²) in [5.41, 5.74) is 5.33. The molecule has 40 valence electrons. The monoisotopic (exact) mass is 99.1 g/mol. The summed E-state index contributed by atoms with van der Waals surface area (Å²) in [5, 5.41) is 5.76. The molecule has 0 saturated heterocycles. The zero-order chi connectivity index (χ0) is 5.28. The summed E-state index contributed by atoms with van der Waals surface area (Å²) in [4.78, 5) is 0. The second kappa shape index (κ2) is 1.40. The number of hydrazone groups is 1. The lowest BCUT2D eigenvalue weighted by Gasteiger charge is -1.99. The standard InChI is InChI=1S/C4H9N3/c1-7-3-2-4(5)6-7/h2-3H2,1H3,(H2,5,6). The van der Waals surface area contributed by atoms with E-state index in [9.17, 15) is 0 Å². The predicted octanol–water partition coefficient (Wildman–Crippen LogP) is -0.406. The van der Waals surface area contributed by atoms with E-state index in [1.807, 2.05) is 12.1 Å². The van der Waals surface area contributed by atoms with Crippen molar-refractivity contribution in [3.8, 4) is 0 Å². The van der Waals surface area contributed by atoms with Crippen LogP contribution in [-0.2, 0) is 0 Å². The molecule has 1 aliphatic rings. The van der Waals surface area contributed by atoms with E-state index in [0.29, 0.717) is 0 Å². The maximum absolute atomic E-state index is 5.33. The van der Waals surface area contributed by atoms with Crippen LogP contribution in [0.1, 0.15) is 6.42 Å². The topological polar surface area (TPSA) is 41.6 Å². The fourth-order valence-corrected chi connectivity index (χ4v) is 0.596. The normalized spacial score (nSPS) is 20.1. The van der Waals surface area contributed by atoms with Gasteiger partial charge in [0.1, 0.15) is 5.84 Å². The van der Waals surface area contributed by atoms with E-state index in [1.165, 1.54) is 0 Å². The lowest BCUT2D eigenvalue weighted by Crippen LogP contribution is -2.06. The van der Waals surface area contributed by atoms with Gasteiger partial charge in [0.2, 0.25) is 0 Å². The van der Waals surface area contributed by atoms with Crippen LogP contribution < -0.4 is 5.73 Å². The molecule has 0 atom stereocenters. The van der Waals surface area contributed by atoms with Gasteiger partial charge in [0.15, 0.2) is 0 Å². The molecule has 0 saturated carbocycles. The van der Waals surface area contributed by atoms with Gasteiger partial charge in [-0.05, 0) is 0 Å². The van der Waals surface area contributed by atoms with Crippen molar-refractivity contribution >= 4 is 5.84 Å². The van der Waals surface area contributed by atoms with Crippen molar-refractivity contribution in [3.63, 3.8) is 0 Å². The van der Waals surface area contributed by atoms with Gasteiger partial charge in [0, 0.05) is 20.0 Å². The third-order valence-corrected chi connectivity index (χ3v) is 0.991. The van der Waals surface area contributed by atoms with Gasteiger partial charge in [0.05, 0.1) is 0 Å². The molecule has 0 aromatic carbocycles. The van der Waals surface area contributed by atoms with Crippen molar-refractivity contribution in [1.29, 1.82) is 0 Å². The SMILES string of the molecule is CN1CCC(N)=N1. The Morgan fingerprint density at radius 2 is 2.57 bits per heavy atom. The third kappa shape index (κ3) is 0.824.